The molecule has 2 heterocycles. The van der Waals surface area contributed by atoms with Gasteiger partial charge in [0.25, 0.3) is 10.0 Å². The van der Waals surface area contributed by atoms with Crippen LogP contribution in [0.2, 0.25) is 5.02 Å². The average molecular weight is 641 g/mol. The van der Waals surface area contributed by atoms with Crippen LogP contribution in [0.3, 0.4) is 0 Å². The Labute approximate surface area is 262 Å². The monoisotopic (exact) mass is 640 g/mol. The van der Waals surface area contributed by atoms with Gasteiger partial charge in [0.05, 0.1) is 33.8 Å². The fourth-order valence-electron chi connectivity index (χ4n) is 5.24. The number of halogens is 2. The number of rotatable bonds is 6. The van der Waals surface area contributed by atoms with Gasteiger partial charge in [-0.05, 0) is 78.0 Å². The van der Waals surface area contributed by atoms with Crippen LogP contribution in [0.25, 0.3) is 44.4 Å². The molecule has 0 fully saturated rings. The van der Waals surface area contributed by atoms with E-state index in [0.29, 0.717) is 38.1 Å². The SMILES string of the molecule is COC(=O)c1ccc(-c2cccc(-c3c(-c4ccsc4C#N)c4cc(F)ccc4n3S(=O)(=O)c3ccc(C)cc3)c2)cc1Cl. The van der Waals surface area contributed by atoms with Crippen LogP contribution in [0.15, 0.2) is 101 Å². The molecular formula is C34H22ClFN2O4S2. The van der Waals surface area contributed by atoms with E-state index in [1.807, 2.05) is 13.0 Å². The van der Waals surface area contributed by atoms with E-state index in [0.717, 1.165) is 5.56 Å². The molecule has 0 aliphatic heterocycles. The summed E-state index contributed by atoms with van der Waals surface area (Å²) in [5.41, 5.74) is 4.44. The standard InChI is InChI=1S/C34H22ClFN2O4S2/c1-20-6-10-25(11-7-20)44(40,41)38-30-13-9-24(36)18-28(30)32(27-14-15-43-31(27)19-37)33(38)23-5-3-4-21(16-23)22-8-12-26(29(35)17-22)34(39)42-2/h3-18H,1-2H3. The first-order chi connectivity index (χ1) is 21.1. The highest BCUT2D eigenvalue weighted by molar-refractivity contribution is 7.90. The lowest BCUT2D eigenvalue weighted by Gasteiger charge is -2.15. The van der Waals surface area contributed by atoms with Gasteiger partial charge in [0.1, 0.15) is 16.8 Å². The molecular weight excluding hydrogens is 619 g/mol. The number of hydrogen-bond donors (Lipinski definition) is 0. The smallest absolute Gasteiger partial charge is 0.339 e. The van der Waals surface area contributed by atoms with Crippen LogP contribution in [0.5, 0.6) is 0 Å². The van der Waals surface area contributed by atoms with Crippen molar-refractivity contribution in [2.24, 2.45) is 0 Å². The summed E-state index contributed by atoms with van der Waals surface area (Å²) in [4.78, 5) is 12.5. The number of fused-ring (bicyclic) bond motifs is 1. The number of carbonyl (C=O) groups is 1. The van der Waals surface area contributed by atoms with E-state index in [2.05, 4.69) is 6.07 Å². The number of esters is 1. The minimum absolute atomic E-state index is 0.0595. The van der Waals surface area contributed by atoms with Gasteiger partial charge >= 0.3 is 5.97 Å². The molecule has 4 aromatic carbocycles. The molecule has 0 aliphatic carbocycles. The highest BCUT2D eigenvalue weighted by Crippen LogP contribution is 2.46. The Kier molecular flexibility index (Phi) is 7.59. The predicted molar refractivity (Wildman–Crippen MR) is 171 cm³/mol. The van der Waals surface area contributed by atoms with Gasteiger partial charge in [-0.25, -0.2) is 21.6 Å². The molecule has 218 valence electrons. The van der Waals surface area contributed by atoms with Crippen molar-refractivity contribution < 1.29 is 22.3 Å². The molecule has 0 spiro atoms. The summed E-state index contributed by atoms with van der Waals surface area (Å²) >= 11 is 7.64. The van der Waals surface area contributed by atoms with E-state index in [4.69, 9.17) is 16.3 Å². The third kappa shape index (κ3) is 4.97. The number of aromatic nitrogens is 1. The molecule has 0 bridgehead atoms. The predicted octanol–water partition coefficient (Wildman–Crippen LogP) is 8.70. The molecule has 0 aliphatic rings. The number of benzene rings is 4. The van der Waals surface area contributed by atoms with Crippen LogP contribution in [-0.4, -0.2) is 25.5 Å². The maximum Gasteiger partial charge on any atom is 0.339 e. The molecule has 10 heteroatoms. The first kappa shape index (κ1) is 29.3. The Morgan fingerprint density at radius 2 is 1.68 bits per heavy atom. The fraction of sp³-hybridized carbons (Fsp3) is 0.0588. The summed E-state index contributed by atoms with van der Waals surface area (Å²) in [6, 6.07) is 26.5. The van der Waals surface area contributed by atoms with E-state index in [-0.39, 0.29) is 26.7 Å². The zero-order chi connectivity index (χ0) is 31.2. The average Bonchev–Trinajstić information content (AvgIpc) is 3.63. The Morgan fingerprint density at radius 3 is 2.39 bits per heavy atom. The third-order valence-electron chi connectivity index (χ3n) is 7.33. The van der Waals surface area contributed by atoms with Crippen LogP contribution in [-0.2, 0) is 14.8 Å². The van der Waals surface area contributed by atoms with Gasteiger partial charge in [-0.2, -0.15) is 5.26 Å². The summed E-state index contributed by atoms with van der Waals surface area (Å²) in [5.74, 6) is -1.11. The number of carbonyl (C=O) groups excluding carboxylic acids is 1. The minimum atomic E-state index is -4.22. The number of aryl methyl sites for hydroxylation is 1. The van der Waals surface area contributed by atoms with Gasteiger partial charge in [0, 0.05) is 22.1 Å². The Morgan fingerprint density at radius 1 is 0.955 bits per heavy atom. The second kappa shape index (κ2) is 11.4. The zero-order valence-electron chi connectivity index (χ0n) is 23.3. The number of ether oxygens (including phenoxy) is 1. The van der Waals surface area contributed by atoms with Crippen LogP contribution >= 0.6 is 22.9 Å². The lowest BCUT2D eigenvalue weighted by Crippen LogP contribution is -2.14. The van der Waals surface area contributed by atoms with Crippen molar-refractivity contribution in [3.63, 3.8) is 0 Å². The maximum atomic E-state index is 14.8. The van der Waals surface area contributed by atoms with Gasteiger partial charge in [-0.3, -0.25) is 0 Å². The highest BCUT2D eigenvalue weighted by atomic mass is 35.5. The van der Waals surface area contributed by atoms with Gasteiger partial charge in [0.15, 0.2) is 0 Å². The quantitative estimate of drug-likeness (QED) is 0.170. The highest BCUT2D eigenvalue weighted by Gasteiger charge is 2.30. The Balaban J connectivity index is 1.69. The van der Waals surface area contributed by atoms with Gasteiger partial charge < -0.3 is 4.74 Å². The lowest BCUT2D eigenvalue weighted by atomic mass is 9.96. The van der Waals surface area contributed by atoms with Crippen molar-refractivity contribution in [2.75, 3.05) is 7.11 Å². The minimum Gasteiger partial charge on any atom is -0.465 e. The summed E-state index contributed by atoms with van der Waals surface area (Å²) in [6.07, 6.45) is 0. The number of thiophene rings is 1. The van der Waals surface area contributed by atoms with E-state index in [1.165, 1.54) is 52.8 Å². The second-order valence-electron chi connectivity index (χ2n) is 10.0. The van der Waals surface area contributed by atoms with Crippen LogP contribution in [0.4, 0.5) is 4.39 Å². The van der Waals surface area contributed by atoms with E-state index >= 15 is 0 Å². The van der Waals surface area contributed by atoms with Crippen molar-refractivity contribution in [3.8, 4) is 39.6 Å². The van der Waals surface area contributed by atoms with Crippen molar-refractivity contribution >= 4 is 49.8 Å². The summed E-state index contributed by atoms with van der Waals surface area (Å²) < 4.78 is 49.8. The first-order valence-electron chi connectivity index (χ1n) is 13.3. The maximum absolute atomic E-state index is 14.8. The topological polar surface area (TPSA) is 89.2 Å². The van der Waals surface area contributed by atoms with Crippen molar-refractivity contribution in [1.82, 2.24) is 3.97 Å². The molecule has 0 saturated carbocycles. The van der Waals surface area contributed by atoms with E-state index in [9.17, 15) is 22.9 Å². The second-order valence-corrected chi connectivity index (χ2v) is 13.1. The lowest BCUT2D eigenvalue weighted by molar-refractivity contribution is 0.0601. The zero-order valence-corrected chi connectivity index (χ0v) is 25.7. The molecule has 6 nitrogen and oxygen atoms in total. The summed E-state index contributed by atoms with van der Waals surface area (Å²) in [5, 5.41) is 12.2. The van der Waals surface area contributed by atoms with Crippen molar-refractivity contribution in [2.45, 2.75) is 11.8 Å². The normalized spacial score (nSPS) is 11.4. The number of methoxy groups -OCH3 is 1. The van der Waals surface area contributed by atoms with Crippen LogP contribution in [0.1, 0.15) is 20.8 Å². The molecule has 44 heavy (non-hydrogen) atoms. The van der Waals surface area contributed by atoms with Crippen LogP contribution in [0, 0.1) is 24.1 Å². The number of nitriles is 1. The fourth-order valence-corrected chi connectivity index (χ4v) is 7.74. The molecule has 6 aromatic rings. The Hall–Kier alpha value is -4.75. The molecule has 0 radical (unpaired) electrons. The largest absolute Gasteiger partial charge is 0.465 e. The molecule has 2 aromatic heterocycles. The molecule has 0 atom stereocenters. The molecule has 0 amide bonds. The third-order valence-corrected chi connectivity index (χ3v) is 10.2. The van der Waals surface area contributed by atoms with Gasteiger partial charge in [0.2, 0.25) is 0 Å². The van der Waals surface area contributed by atoms with Gasteiger partial charge in [-0.1, -0.05) is 53.6 Å². The molecule has 0 unspecified atom stereocenters. The van der Waals surface area contributed by atoms with Crippen molar-refractivity contribution in [1.29, 1.82) is 5.26 Å². The summed E-state index contributed by atoms with van der Waals surface area (Å²) in [7, 11) is -2.95. The van der Waals surface area contributed by atoms with E-state index < -0.39 is 21.8 Å². The van der Waals surface area contributed by atoms with Gasteiger partial charge in [-0.15, -0.1) is 11.3 Å². The first-order valence-corrected chi connectivity index (χ1v) is 16.0. The van der Waals surface area contributed by atoms with Crippen LogP contribution < -0.4 is 0 Å². The molecule has 0 N–H and O–H groups in total. The number of nitrogens with zero attached hydrogens (tertiary/aromatic N) is 2. The molecule has 0 saturated heterocycles. The number of hydrogen-bond acceptors (Lipinski definition) is 6. The Bertz CT molecular complexity index is 2250. The van der Waals surface area contributed by atoms with E-state index in [1.54, 1.807) is 60.0 Å². The molecule has 6 rings (SSSR count). The summed E-state index contributed by atoms with van der Waals surface area (Å²) in [6.45, 7) is 1.86. The van der Waals surface area contributed by atoms with Crippen molar-refractivity contribution in [3.05, 3.63) is 123 Å².